The van der Waals surface area contributed by atoms with Gasteiger partial charge in [-0.15, -0.1) is 0 Å². The van der Waals surface area contributed by atoms with Crippen LogP contribution >= 0.6 is 0 Å². The zero-order valence-electron chi connectivity index (χ0n) is 16.4. The van der Waals surface area contributed by atoms with Crippen molar-refractivity contribution in [2.75, 3.05) is 18.1 Å². The summed E-state index contributed by atoms with van der Waals surface area (Å²) in [4.78, 5) is 12.6. The van der Waals surface area contributed by atoms with Crippen LogP contribution in [0.2, 0.25) is 0 Å². The predicted molar refractivity (Wildman–Crippen MR) is 116 cm³/mol. The molecular formula is C23H24N2O3S. The van der Waals surface area contributed by atoms with Crippen molar-refractivity contribution in [1.82, 2.24) is 5.32 Å². The van der Waals surface area contributed by atoms with Crippen LogP contribution in [0.15, 0.2) is 83.8 Å². The Morgan fingerprint density at radius 1 is 0.862 bits per heavy atom. The molecule has 0 aromatic heterocycles. The van der Waals surface area contributed by atoms with E-state index in [0.29, 0.717) is 0 Å². The fourth-order valence-electron chi connectivity index (χ4n) is 3.11. The number of sulfone groups is 1. The third kappa shape index (κ3) is 5.53. The van der Waals surface area contributed by atoms with Crippen LogP contribution in [-0.2, 0) is 14.6 Å². The maximum atomic E-state index is 12.5. The van der Waals surface area contributed by atoms with Crippen LogP contribution in [-0.4, -0.2) is 27.1 Å². The maximum absolute atomic E-state index is 12.5. The molecule has 0 aliphatic rings. The Labute approximate surface area is 171 Å². The van der Waals surface area contributed by atoms with Crippen molar-refractivity contribution in [1.29, 1.82) is 0 Å². The molecule has 150 valence electrons. The van der Waals surface area contributed by atoms with Gasteiger partial charge >= 0.3 is 0 Å². The number of aryl methyl sites for hydroxylation is 1. The number of carbonyl (C=O) groups is 1. The minimum absolute atomic E-state index is 0.0333. The van der Waals surface area contributed by atoms with Gasteiger partial charge in [0.1, 0.15) is 0 Å². The van der Waals surface area contributed by atoms with Crippen molar-refractivity contribution in [3.63, 3.8) is 0 Å². The van der Waals surface area contributed by atoms with Crippen molar-refractivity contribution in [3.05, 3.63) is 95.6 Å². The Morgan fingerprint density at radius 2 is 1.45 bits per heavy atom. The Morgan fingerprint density at radius 3 is 2.10 bits per heavy atom. The van der Waals surface area contributed by atoms with Gasteiger partial charge < -0.3 is 5.32 Å². The second-order valence-electron chi connectivity index (χ2n) is 6.95. The largest absolute Gasteiger partial charge is 0.324 e. The molecule has 1 amide bonds. The number of anilines is 1. The van der Waals surface area contributed by atoms with Crippen LogP contribution in [0.3, 0.4) is 0 Å². The molecule has 0 unspecified atom stereocenters. The van der Waals surface area contributed by atoms with Crippen LogP contribution in [0, 0.1) is 6.92 Å². The van der Waals surface area contributed by atoms with E-state index in [1.54, 1.807) is 18.2 Å². The van der Waals surface area contributed by atoms with E-state index in [2.05, 4.69) is 10.6 Å². The van der Waals surface area contributed by atoms with E-state index >= 15 is 0 Å². The summed E-state index contributed by atoms with van der Waals surface area (Å²) >= 11 is 0. The van der Waals surface area contributed by atoms with Crippen molar-refractivity contribution < 1.29 is 13.2 Å². The van der Waals surface area contributed by atoms with Gasteiger partial charge in [0.25, 0.3) is 0 Å². The highest BCUT2D eigenvalue weighted by Gasteiger charge is 2.17. The molecule has 3 rings (SSSR count). The third-order valence-electron chi connectivity index (χ3n) is 4.57. The minimum Gasteiger partial charge on any atom is -0.324 e. The lowest BCUT2D eigenvalue weighted by Gasteiger charge is -2.20. The highest BCUT2D eigenvalue weighted by molar-refractivity contribution is 7.90. The van der Waals surface area contributed by atoms with Crippen LogP contribution in [0.4, 0.5) is 5.69 Å². The van der Waals surface area contributed by atoms with Crippen LogP contribution in [0.1, 0.15) is 22.7 Å². The summed E-state index contributed by atoms with van der Waals surface area (Å²) in [5.41, 5.74) is 3.54. The standard InChI is InChI=1S/C23H24N2O3S/c1-17-12-14-19(15-13-17)23(18-8-4-3-5-9-18)24-16-22(26)25-20-10-6-7-11-21(20)29(2,27)28/h3-15,23-24H,16H2,1-2H3,(H,25,26)/t23-/m1/s1. The zero-order chi connectivity index (χ0) is 20.9. The minimum atomic E-state index is -3.44. The Hall–Kier alpha value is -2.96. The smallest absolute Gasteiger partial charge is 0.238 e. The van der Waals surface area contributed by atoms with Crippen molar-refractivity contribution in [3.8, 4) is 0 Å². The number of hydrogen-bond donors (Lipinski definition) is 2. The molecule has 0 aliphatic heterocycles. The van der Waals surface area contributed by atoms with Crippen LogP contribution in [0.5, 0.6) is 0 Å². The molecule has 0 bridgehead atoms. The first-order valence-electron chi connectivity index (χ1n) is 9.28. The Balaban J connectivity index is 1.77. The molecule has 29 heavy (non-hydrogen) atoms. The van der Waals surface area contributed by atoms with Gasteiger partial charge in [0.2, 0.25) is 5.91 Å². The average Bonchev–Trinajstić information content (AvgIpc) is 2.70. The highest BCUT2D eigenvalue weighted by atomic mass is 32.2. The molecule has 0 saturated heterocycles. The zero-order valence-corrected chi connectivity index (χ0v) is 17.2. The quantitative estimate of drug-likeness (QED) is 0.625. The first kappa shape index (κ1) is 20.8. The van der Waals surface area contributed by atoms with Crippen LogP contribution < -0.4 is 10.6 Å². The summed E-state index contributed by atoms with van der Waals surface area (Å²) in [6, 6.07) is 24.3. The summed E-state index contributed by atoms with van der Waals surface area (Å²) in [5.74, 6) is -0.311. The molecule has 0 fully saturated rings. The molecule has 6 heteroatoms. The maximum Gasteiger partial charge on any atom is 0.238 e. The molecule has 3 aromatic rings. The summed E-state index contributed by atoms with van der Waals surface area (Å²) in [6.45, 7) is 2.06. The summed E-state index contributed by atoms with van der Waals surface area (Å²) in [6.07, 6.45) is 1.12. The lowest BCUT2D eigenvalue weighted by Crippen LogP contribution is -2.32. The lowest BCUT2D eigenvalue weighted by molar-refractivity contribution is -0.115. The van der Waals surface area contributed by atoms with Crippen LogP contribution in [0.25, 0.3) is 0 Å². The van der Waals surface area contributed by atoms with E-state index in [-0.39, 0.29) is 29.1 Å². The molecular weight excluding hydrogens is 384 g/mol. The molecule has 3 aromatic carbocycles. The molecule has 0 heterocycles. The van der Waals surface area contributed by atoms with Crippen molar-refractivity contribution >= 4 is 21.4 Å². The molecule has 0 radical (unpaired) electrons. The number of nitrogens with one attached hydrogen (secondary N) is 2. The number of hydrogen-bond acceptors (Lipinski definition) is 4. The van der Waals surface area contributed by atoms with E-state index in [9.17, 15) is 13.2 Å². The van der Waals surface area contributed by atoms with Gasteiger partial charge in [-0.25, -0.2) is 8.42 Å². The van der Waals surface area contributed by atoms with E-state index in [1.807, 2.05) is 61.5 Å². The van der Waals surface area contributed by atoms with E-state index in [0.717, 1.165) is 22.9 Å². The fourth-order valence-corrected chi connectivity index (χ4v) is 3.96. The van der Waals surface area contributed by atoms with E-state index in [4.69, 9.17) is 0 Å². The van der Waals surface area contributed by atoms with Gasteiger partial charge in [0.05, 0.1) is 23.2 Å². The monoisotopic (exact) mass is 408 g/mol. The molecule has 2 N–H and O–H groups in total. The molecule has 0 spiro atoms. The second-order valence-corrected chi connectivity index (χ2v) is 8.94. The molecule has 0 saturated carbocycles. The first-order chi connectivity index (χ1) is 13.8. The summed E-state index contributed by atoms with van der Waals surface area (Å²) in [7, 11) is -3.44. The molecule has 0 aliphatic carbocycles. The topological polar surface area (TPSA) is 75.3 Å². The average molecular weight is 409 g/mol. The fraction of sp³-hybridized carbons (Fsp3) is 0.174. The SMILES string of the molecule is Cc1ccc([C@H](NCC(=O)Nc2ccccc2S(C)(=O)=O)c2ccccc2)cc1. The van der Waals surface area contributed by atoms with Gasteiger partial charge in [-0.2, -0.15) is 0 Å². The van der Waals surface area contributed by atoms with Gasteiger partial charge in [-0.3, -0.25) is 10.1 Å². The van der Waals surface area contributed by atoms with Crippen molar-refractivity contribution in [2.45, 2.75) is 17.9 Å². The highest BCUT2D eigenvalue weighted by Crippen LogP contribution is 2.23. The van der Waals surface area contributed by atoms with E-state index < -0.39 is 9.84 Å². The first-order valence-corrected chi connectivity index (χ1v) is 11.2. The van der Waals surface area contributed by atoms with E-state index in [1.165, 1.54) is 6.07 Å². The Kier molecular flexibility index (Phi) is 6.46. The lowest BCUT2D eigenvalue weighted by atomic mass is 9.98. The molecule has 5 nitrogen and oxygen atoms in total. The van der Waals surface area contributed by atoms with Gasteiger partial charge in [0.15, 0.2) is 9.84 Å². The second kappa shape index (κ2) is 9.03. The van der Waals surface area contributed by atoms with Gasteiger partial charge in [-0.05, 0) is 30.2 Å². The number of rotatable bonds is 7. The predicted octanol–water partition coefficient (Wildman–Crippen LogP) is 3.72. The number of amides is 1. The Bertz CT molecular complexity index is 1080. The number of benzene rings is 3. The van der Waals surface area contributed by atoms with Crippen molar-refractivity contribution in [2.24, 2.45) is 0 Å². The summed E-state index contributed by atoms with van der Waals surface area (Å²) < 4.78 is 23.9. The molecule has 1 atom stereocenters. The normalized spacial score (nSPS) is 12.3. The number of carbonyl (C=O) groups excluding carboxylic acids is 1. The third-order valence-corrected chi connectivity index (χ3v) is 5.73. The summed E-state index contributed by atoms with van der Waals surface area (Å²) in [5, 5.41) is 5.99. The van der Waals surface area contributed by atoms with Gasteiger partial charge in [-0.1, -0.05) is 72.3 Å². The van der Waals surface area contributed by atoms with Gasteiger partial charge in [0, 0.05) is 6.26 Å². The number of para-hydroxylation sites is 1.